The maximum absolute atomic E-state index is 12.6. The minimum absolute atomic E-state index is 0.104. The summed E-state index contributed by atoms with van der Waals surface area (Å²) < 4.78 is 0. The zero-order valence-electron chi connectivity index (χ0n) is 12.5. The molecular formula is C16H23NO4. The number of imide groups is 1. The van der Waals surface area contributed by atoms with Gasteiger partial charge >= 0.3 is 5.97 Å². The second-order valence-electron chi connectivity index (χ2n) is 6.99. The van der Waals surface area contributed by atoms with Crippen molar-refractivity contribution < 1.29 is 19.5 Å². The number of hydrogen-bond acceptors (Lipinski definition) is 3. The van der Waals surface area contributed by atoms with Crippen molar-refractivity contribution in [2.24, 2.45) is 23.7 Å². The van der Waals surface area contributed by atoms with Crippen LogP contribution < -0.4 is 0 Å². The fourth-order valence-electron chi connectivity index (χ4n) is 4.52. The number of carbonyl (C=O) groups excluding carboxylic acids is 2. The molecule has 5 heteroatoms. The minimum Gasteiger partial charge on any atom is -0.481 e. The molecule has 0 aromatic carbocycles. The predicted octanol–water partition coefficient (Wildman–Crippen LogP) is 2.05. The van der Waals surface area contributed by atoms with Crippen molar-refractivity contribution >= 4 is 17.8 Å². The lowest BCUT2D eigenvalue weighted by Gasteiger charge is -2.30. The molecule has 21 heavy (non-hydrogen) atoms. The number of carboxylic acids is 1. The quantitative estimate of drug-likeness (QED) is 0.624. The van der Waals surface area contributed by atoms with Crippen molar-refractivity contribution in [1.82, 2.24) is 4.90 Å². The lowest BCUT2D eigenvalue weighted by molar-refractivity contribution is -0.150. The fourth-order valence-corrected chi connectivity index (χ4v) is 4.52. The summed E-state index contributed by atoms with van der Waals surface area (Å²) in [4.78, 5) is 38.2. The second-order valence-corrected chi connectivity index (χ2v) is 6.99. The van der Waals surface area contributed by atoms with Crippen molar-refractivity contribution in [2.75, 3.05) is 0 Å². The van der Waals surface area contributed by atoms with E-state index in [4.69, 9.17) is 0 Å². The van der Waals surface area contributed by atoms with Gasteiger partial charge in [-0.05, 0) is 31.6 Å². The molecule has 3 fully saturated rings. The van der Waals surface area contributed by atoms with E-state index in [1.54, 1.807) is 0 Å². The Labute approximate surface area is 124 Å². The van der Waals surface area contributed by atoms with E-state index < -0.39 is 17.9 Å². The summed E-state index contributed by atoms with van der Waals surface area (Å²) in [5.41, 5.74) is 0. The Morgan fingerprint density at radius 1 is 1.05 bits per heavy atom. The van der Waals surface area contributed by atoms with Crippen LogP contribution in [0.5, 0.6) is 0 Å². The zero-order valence-corrected chi connectivity index (χ0v) is 12.5. The van der Waals surface area contributed by atoms with E-state index in [-0.39, 0.29) is 23.7 Å². The van der Waals surface area contributed by atoms with Crippen LogP contribution in [0.2, 0.25) is 0 Å². The summed E-state index contributed by atoms with van der Waals surface area (Å²) >= 11 is 0. The zero-order chi connectivity index (χ0) is 15.1. The molecular weight excluding hydrogens is 270 g/mol. The molecule has 0 aromatic rings. The molecule has 1 N–H and O–H groups in total. The first-order valence-electron chi connectivity index (χ1n) is 8.10. The molecule has 4 atom stereocenters. The van der Waals surface area contributed by atoms with Crippen molar-refractivity contribution in [2.45, 2.75) is 57.9 Å². The monoisotopic (exact) mass is 293 g/mol. The second kappa shape index (κ2) is 5.43. The first kappa shape index (κ1) is 14.5. The molecule has 1 heterocycles. The minimum atomic E-state index is -0.868. The van der Waals surface area contributed by atoms with E-state index in [2.05, 4.69) is 6.92 Å². The number of rotatable bonds is 2. The SMILES string of the molecule is CC1CC2C(=O)N(C3CCCCCC3C(=O)O)C(=O)C2C1. The van der Waals surface area contributed by atoms with Crippen LogP contribution in [0, 0.1) is 23.7 Å². The molecule has 1 saturated heterocycles. The average molecular weight is 293 g/mol. The van der Waals surface area contributed by atoms with Crippen molar-refractivity contribution in [3.8, 4) is 0 Å². The number of carbonyl (C=O) groups is 3. The highest BCUT2D eigenvalue weighted by atomic mass is 16.4. The van der Waals surface area contributed by atoms with E-state index in [0.717, 1.165) is 32.1 Å². The average Bonchev–Trinajstić information content (AvgIpc) is 2.78. The summed E-state index contributed by atoms with van der Waals surface area (Å²) in [7, 11) is 0. The van der Waals surface area contributed by atoms with E-state index in [9.17, 15) is 19.5 Å². The van der Waals surface area contributed by atoms with Gasteiger partial charge in [0.25, 0.3) is 0 Å². The van der Waals surface area contributed by atoms with Crippen LogP contribution >= 0.6 is 0 Å². The predicted molar refractivity (Wildman–Crippen MR) is 75.2 cm³/mol. The van der Waals surface area contributed by atoms with Gasteiger partial charge in [0.2, 0.25) is 11.8 Å². The molecule has 5 nitrogen and oxygen atoms in total. The molecule has 1 aliphatic heterocycles. The number of nitrogens with zero attached hydrogens (tertiary/aromatic N) is 1. The summed E-state index contributed by atoms with van der Waals surface area (Å²) in [6.45, 7) is 2.08. The van der Waals surface area contributed by atoms with Gasteiger partial charge in [-0.3, -0.25) is 19.3 Å². The third-order valence-corrected chi connectivity index (χ3v) is 5.54. The van der Waals surface area contributed by atoms with Crippen LogP contribution in [0.1, 0.15) is 51.9 Å². The highest BCUT2D eigenvalue weighted by Crippen LogP contribution is 2.45. The summed E-state index contributed by atoms with van der Waals surface area (Å²) in [5.74, 6) is -1.63. The Morgan fingerprint density at radius 2 is 1.62 bits per heavy atom. The molecule has 3 aliphatic rings. The van der Waals surface area contributed by atoms with Gasteiger partial charge < -0.3 is 5.11 Å². The highest BCUT2D eigenvalue weighted by Gasteiger charge is 2.55. The van der Waals surface area contributed by atoms with E-state index in [1.165, 1.54) is 4.90 Å². The number of likely N-dealkylation sites (tertiary alicyclic amines) is 1. The van der Waals surface area contributed by atoms with E-state index in [1.807, 2.05) is 0 Å². The molecule has 2 aliphatic carbocycles. The van der Waals surface area contributed by atoms with Crippen molar-refractivity contribution in [1.29, 1.82) is 0 Å². The van der Waals surface area contributed by atoms with Crippen LogP contribution in [-0.2, 0) is 14.4 Å². The number of hydrogen-bond donors (Lipinski definition) is 1. The third-order valence-electron chi connectivity index (χ3n) is 5.54. The number of carboxylic acid groups (broad SMARTS) is 1. The topological polar surface area (TPSA) is 74.7 Å². The Balaban J connectivity index is 1.86. The maximum Gasteiger partial charge on any atom is 0.308 e. The smallest absolute Gasteiger partial charge is 0.308 e. The summed E-state index contributed by atoms with van der Waals surface area (Å²) in [5, 5.41) is 9.46. The molecule has 2 saturated carbocycles. The molecule has 3 rings (SSSR count). The number of aliphatic carboxylic acids is 1. The van der Waals surface area contributed by atoms with E-state index >= 15 is 0 Å². The normalized spacial score (nSPS) is 40.2. The first-order chi connectivity index (χ1) is 10.0. The van der Waals surface area contributed by atoms with E-state index in [0.29, 0.717) is 18.8 Å². The Morgan fingerprint density at radius 3 is 2.19 bits per heavy atom. The fraction of sp³-hybridized carbons (Fsp3) is 0.812. The largest absolute Gasteiger partial charge is 0.481 e. The third kappa shape index (κ3) is 2.36. The molecule has 116 valence electrons. The van der Waals surface area contributed by atoms with Crippen LogP contribution in [0.25, 0.3) is 0 Å². The molecule has 4 unspecified atom stereocenters. The Hall–Kier alpha value is -1.39. The molecule has 0 spiro atoms. The number of amides is 2. The van der Waals surface area contributed by atoms with Crippen LogP contribution in [-0.4, -0.2) is 33.8 Å². The summed E-state index contributed by atoms with van der Waals surface area (Å²) in [6.07, 6.45) is 5.52. The first-order valence-corrected chi connectivity index (χ1v) is 8.10. The van der Waals surface area contributed by atoms with Crippen molar-refractivity contribution in [3.63, 3.8) is 0 Å². The van der Waals surface area contributed by atoms with Gasteiger partial charge in [0.05, 0.1) is 23.8 Å². The Bertz CT molecular complexity index is 451. The van der Waals surface area contributed by atoms with Gasteiger partial charge in [0.1, 0.15) is 0 Å². The standard InChI is InChI=1S/C16H23NO4/c1-9-7-11-12(8-9)15(19)17(14(11)18)13-6-4-2-3-5-10(13)16(20)21/h9-13H,2-8H2,1H3,(H,20,21). The van der Waals surface area contributed by atoms with Crippen molar-refractivity contribution in [3.05, 3.63) is 0 Å². The van der Waals surface area contributed by atoms with Crippen LogP contribution in [0.4, 0.5) is 0 Å². The highest BCUT2D eigenvalue weighted by molar-refractivity contribution is 6.06. The Kier molecular flexibility index (Phi) is 3.76. The van der Waals surface area contributed by atoms with Crippen LogP contribution in [0.3, 0.4) is 0 Å². The summed E-state index contributed by atoms with van der Waals surface area (Å²) in [6, 6.07) is -0.425. The molecule has 2 amide bonds. The molecule has 0 radical (unpaired) electrons. The lowest BCUT2D eigenvalue weighted by Crippen LogP contribution is -2.47. The van der Waals surface area contributed by atoms with Gasteiger partial charge in [-0.1, -0.05) is 26.2 Å². The van der Waals surface area contributed by atoms with Gasteiger partial charge in [-0.25, -0.2) is 0 Å². The van der Waals surface area contributed by atoms with Gasteiger partial charge in [0, 0.05) is 0 Å². The van der Waals surface area contributed by atoms with Gasteiger partial charge in [-0.2, -0.15) is 0 Å². The molecule has 0 aromatic heterocycles. The van der Waals surface area contributed by atoms with Crippen LogP contribution in [0.15, 0.2) is 0 Å². The number of fused-ring (bicyclic) bond motifs is 1. The maximum atomic E-state index is 12.6. The van der Waals surface area contributed by atoms with Gasteiger partial charge in [0.15, 0.2) is 0 Å². The lowest BCUT2D eigenvalue weighted by atomic mass is 9.93. The van der Waals surface area contributed by atoms with Gasteiger partial charge in [-0.15, -0.1) is 0 Å². The molecule has 0 bridgehead atoms.